The van der Waals surface area contributed by atoms with Crippen LogP contribution in [0.5, 0.6) is 5.75 Å². The summed E-state index contributed by atoms with van der Waals surface area (Å²) in [5.74, 6) is 0.717. The van der Waals surface area contributed by atoms with Crippen LogP contribution >= 0.6 is 24.0 Å². The molecule has 20 heavy (non-hydrogen) atoms. The summed E-state index contributed by atoms with van der Waals surface area (Å²) in [7, 11) is 4.04. The number of amides is 1. The predicted octanol–water partition coefficient (Wildman–Crippen LogP) is 2.83. The van der Waals surface area contributed by atoms with Crippen LogP contribution in [0.15, 0.2) is 18.2 Å². The molecule has 1 aromatic rings. The minimum atomic E-state index is -0.437. The second-order valence-corrected chi connectivity index (χ2v) is 5.46. The first-order chi connectivity index (χ1) is 8.99. The van der Waals surface area contributed by atoms with E-state index in [4.69, 9.17) is 16.3 Å². The molecule has 1 heterocycles. The van der Waals surface area contributed by atoms with E-state index in [1.54, 1.807) is 24.0 Å². The third kappa shape index (κ3) is 3.78. The molecular formula is C14H20Cl2N2O2. The van der Waals surface area contributed by atoms with Crippen LogP contribution in [0, 0.1) is 0 Å². The number of nitrogens with zero attached hydrogens (tertiary/aromatic N) is 2. The molecule has 0 radical (unpaired) electrons. The lowest BCUT2D eigenvalue weighted by atomic mass is 10.1. The van der Waals surface area contributed by atoms with E-state index in [1.807, 2.05) is 20.2 Å². The van der Waals surface area contributed by atoms with Gasteiger partial charge in [0.2, 0.25) is 0 Å². The average molecular weight is 319 g/mol. The lowest BCUT2D eigenvalue weighted by Crippen LogP contribution is -2.45. The van der Waals surface area contributed by atoms with Crippen molar-refractivity contribution in [3.63, 3.8) is 0 Å². The van der Waals surface area contributed by atoms with Gasteiger partial charge in [-0.3, -0.25) is 4.79 Å². The number of fused-ring (bicyclic) bond motifs is 1. The molecule has 0 fully saturated rings. The van der Waals surface area contributed by atoms with Crippen molar-refractivity contribution in [1.82, 2.24) is 4.90 Å². The largest absolute Gasteiger partial charge is 0.479 e. The van der Waals surface area contributed by atoms with Gasteiger partial charge < -0.3 is 14.5 Å². The van der Waals surface area contributed by atoms with Crippen molar-refractivity contribution in [1.29, 1.82) is 0 Å². The second kappa shape index (κ2) is 7.16. The number of hydrogen-bond donors (Lipinski definition) is 0. The summed E-state index contributed by atoms with van der Waals surface area (Å²) in [5.41, 5.74) is 0.773. The fraction of sp³-hybridized carbons (Fsp3) is 0.500. The van der Waals surface area contributed by atoms with E-state index < -0.39 is 6.10 Å². The molecular weight excluding hydrogens is 299 g/mol. The number of carbonyl (C=O) groups is 1. The zero-order valence-corrected chi connectivity index (χ0v) is 13.5. The van der Waals surface area contributed by atoms with Crippen molar-refractivity contribution < 1.29 is 9.53 Å². The molecule has 0 aliphatic carbocycles. The zero-order valence-electron chi connectivity index (χ0n) is 11.9. The predicted molar refractivity (Wildman–Crippen MR) is 84.3 cm³/mol. The van der Waals surface area contributed by atoms with Crippen LogP contribution in [0.3, 0.4) is 0 Å². The van der Waals surface area contributed by atoms with Gasteiger partial charge in [-0.25, -0.2) is 0 Å². The van der Waals surface area contributed by atoms with Gasteiger partial charge in [0.25, 0.3) is 5.91 Å². The minimum absolute atomic E-state index is 0. The monoisotopic (exact) mass is 318 g/mol. The molecule has 2 rings (SSSR count). The fourth-order valence-electron chi connectivity index (χ4n) is 2.16. The maximum atomic E-state index is 12.2. The highest BCUT2D eigenvalue weighted by molar-refractivity contribution is 6.31. The molecule has 1 atom stereocenters. The Labute approximate surface area is 131 Å². The van der Waals surface area contributed by atoms with Crippen molar-refractivity contribution >= 4 is 35.6 Å². The molecule has 0 saturated heterocycles. The van der Waals surface area contributed by atoms with Crippen LogP contribution in [0.2, 0.25) is 5.02 Å². The summed E-state index contributed by atoms with van der Waals surface area (Å²) >= 11 is 6.01. The third-order valence-corrected chi connectivity index (χ3v) is 3.35. The van der Waals surface area contributed by atoms with E-state index in [9.17, 15) is 4.79 Å². The molecule has 0 spiro atoms. The summed E-state index contributed by atoms with van der Waals surface area (Å²) in [5, 5.41) is 0.613. The number of carbonyl (C=O) groups excluding carboxylic acids is 1. The molecule has 0 N–H and O–H groups in total. The Balaban J connectivity index is 0.00000200. The summed E-state index contributed by atoms with van der Waals surface area (Å²) in [6.45, 7) is 3.39. The van der Waals surface area contributed by atoms with Crippen LogP contribution in [0.1, 0.15) is 13.3 Å². The third-order valence-electron chi connectivity index (χ3n) is 3.12. The minimum Gasteiger partial charge on any atom is -0.479 e. The Bertz CT molecular complexity index is 480. The van der Waals surface area contributed by atoms with Gasteiger partial charge in [-0.05, 0) is 52.2 Å². The summed E-state index contributed by atoms with van der Waals surface area (Å²) < 4.78 is 5.60. The molecule has 0 saturated carbocycles. The molecule has 1 aromatic carbocycles. The molecule has 6 heteroatoms. The summed E-state index contributed by atoms with van der Waals surface area (Å²) in [6.07, 6.45) is 0.477. The Morgan fingerprint density at radius 1 is 1.40 bits per heavy atom. The van der Waals surface area contributed by atoms with Crippen LogP contribution in [-0.4, -0.2) is 44.1 Å². The Hall–Kier alpha value is -0.970. The van der Waals surface area contributed by atoms with Gasteiger partial charge in [-0.1, -0.05) is 11.6 Å². The van der Waals surface area contributed by atoms with Crippen molar-refractivity contribution in [2.75, 3.05) is 32.1 Å². The highest BCUT2D eigenvalue weighted by Gasteiger charge is 2.31. The topological polar surface area (TPSA) is 32.8 Å². The van der Waals surface area contributed by atoms with E-state index in [0.29, 0.717) is 11.6 Å². The van der Waals surface area contributed by atoms with E-state index in [2.05, 4.69) is 4.90 Å². The van der Waals surface area contributed by atoms with Gasteiger partial charge in [-0.2, -0.15) is 0 Å². The van der Waals surface area contributed by atoms with E-state index in [-0.39, 0.29) is 18.3 Å². The van der Waals surface area contributed by atoms with Crippen LogP contribution in [0.25, 0.3) is 0 Å². The Morgan fingerprint density at radius 3 is 2.75 bits per heavy atom. The quantitative estimate of drug-likeness (QED) is 0.855. The first-order valence-corrected chi connectivity index (χ1v) is 6.79. The first kappa shape index (κ1) is 17.1. The van der Waals surface area contributed by atoms with E-state index in [1.165, 1.54) is 0 Å². The maximum Gasteiger partial charge on any atom is 0.267 e. The van der Waals surface area contributed by atoms with Crippen LogP contribution < -0.4 is 9.64 Å². The number of benzene rings is 1. The highest BCUT2D eigenvalue weighted by atomic mass is 35.5. The van der Waals surface area contributed by atoms with E-state index >= 15 is 0 Å². The maximum absolute atomic E-state index is 12.2. The van der Waals surface area contributed by atoms with Gasteiger partial charge in [0.05, 0.1) is 5.69 Å². The Morgan fingerprint density at radius 2 is 2.10 bits per heavy atom. The molecule has 0 bridgehead atoms. The van der Waals surface area contributed by atoms with E-state index in [0.717, 1.165) is 24.4 Å². The molecule has 1 unspecified atom stereocenters. The van der Waals surface area contributed by atoms with Crippen LogP contribution in [-0.2, 0) is 4.79 Å². The molecule has 1 amide bonds. The summed E-state index contributed by atoms with van der Waals surface area (Å²) in [4.78, 5) is 16.1. The van der Waals surface area contributed by atoms with Gasteiger partial charge in [0.15, 0.2) is 6.10 Å². The van der Waals surface area contributed by atoms with Crippen molar-refractivity contribution in [2.24, 2.45) is 0 Å². The van der Waals surface area contributed by atoms with Crippen molar-refractivity contribution in [2.45, 2.75) is 19.4 Å². The SMILES string of the molecule is CC1Oc2ccc(Cl)cc2N(CCCN(C)C)C1=O.Cl. The lowest BCUT2D eigenvalue weighted by molar-refractivity contribution is -0.125. The van der Waals surface area contributed by atoms with Gasteiger partial charge >= 0.3 is 0 Å². The number of ether oxygens (including phenoxy) is 1. The first-order valence-electron chi connectivity index (χ1n) is 6.41. The van der Waals surface area contributed by atoms with Crippen LogP contribution in [0.4, 0.5) is 5.69 Å². The molecule has 1 aliphatic heterocycles. The molecule has 4 nitrogen and oxygen atoms in total. The lowest BCUT2D eigenvalue weighted by Gasteiger charge is -2.33. The van der Waals surface area contributed by atoms with Gasteiger partial charge in [-0.15, -0.1) is 12.4 Å². The Kier molecular flexibility index (Phi) is 6.11. The summed E-state index contributed by atoms with van der Waals surface area (Å²) in [6, 6.07) is 5.39. The number of rotatable bonds is 4. The van der Waals surface area contributed by atoms with Gasteiger partial charge in [0, 0.05) is 11.6 Å². The zero-order chi connectivity index (χ0) is 14.0. The smallest absolute Gasteiger partial charge is 0.267 e. The number of anilines is 1. The fourth-order valence-corrected chi connectivity index (χ4v) is 2.32. The van der Waals surface area contributed by atoms with Crippen molar-refractivity contribution in [3.8, 4) is 5.75 Å². The molecule has 1 aliphatic rings. The number of hydrogen-bond acceptors (Lipinski definition) is 3. The van der Waals surface area contributed by atoms with Crippen molar-refractivity contribution in [3.05, 3.63) is 23.2 Å². The van der Waals surface area contributed by atoms with Gasteiger partial charge in [0.1, 0.15) is 5.75 Å². The molecule has 112 valence electrons. The standard InChI is InChI=1S/C14H19ClN2O2.ClH/c1-10-14(18)17(8-4-7-16(2)3)12-9-11(15)5-6-13(12)19-10;/h5-6,9-10H,4,7-8H2,1-3H3;1H. The highest BCUT2D eigenvalue weighted by Crippen LogP contribution is 2.36. The molecule has 0 aromatic heterocycles. The average Bonchev–Trinajstić information content (AvgIpc) is 2.34. The second-order valence-electron chi connectivity index (χ2n) is 5.02. The number of halogens is 2. The normalized spacial score (nSPS) is 17.6.